The van der Waals surface area contributed by atoms with Gasteiger partial charge < -0.3 is 10.1 Å². The van der Waals surface area contributed by atoms with Gasteiger partial charge in [-0.15, -0.1) is 0 Å². The SMILES string of the molecule is Cc1cc(NC(=O)COC(=O)CN(Cc2ccccc2)Cc2ccccc2)c(C)cc1Br. The van der Waals surface area contributed by atoms with Gasteiger partial charge in [-0.05, 0) is 48.2 Å². The van der Waals surface area contributed by atoms with E-state index in [1.807, 2.05) is 91.5 Å². The molecule has 0 radical (unpaired) electrons. The predicted octanol–water partition coefficient (Wildman–Crippen LogP) is 5.25. The van der Waals surface area contributed by atoms with Crippen LogP contribution in [0.5, 0.6) is 0 Å². The van der Waals surface area contributed by atoms with Gasteiger partial charge in [0, 0.05) is 23.2 Å². The van der Waals surface area contributed by atoms with E-state index in [-0.39, 0.29) is 19.1 Å². The Labute approximate surface area is 197 Å². The molecule has 0 saturated heterocycles. The summed E-state index contributed by atoms with van der Waals surface area (Å²) in [6.45, 7) is 4.85. The maximum Gasteiger partial charge on any atom is 0.320 e. The lowest BCUT2D eigenvalue weighted by Crippen LogP contribution is -2.32. The third-order valence-corrected chi connectivity index (χ3v) is 5.85. The largest absolute Gasteiger partial charge is 0.455 e. The van der Waals surface area contributed by atoms with Crippen LogP contribution < -0.4 is 5.32 Å². The Morgan fingerprint density at radius 1 is 0.875 bits per heavy atom. The van der Waals surface area contributed by atoms with Crippen LogP contribution in [0.3, 0.4) is 0 Å². The fraction of sp³-hybridized carbons (Fsp3) is 0.231. The zero-order chi connectivity index (χ0) is 22.9. The summed E-state index contributed by atoms with van der Waals surface area (Å²) in [7, 11) is 0. The van der Waals surface area contributed by atoms with Crippen LogP contribution >= 0.6 is 15.9 Å². The normalized spacial score (nSPS) is 10.8. The molecule has 0 aliphatic heterocycles. The minimum absolute atomic E-state index is 0.0908. The van der Waals surface area contributed by atoms with E-state index in [0.29, 0.717) is 18.8 Å². The third-order valence-electron chi connectivity index (χ3n) is 4.99. The molecule has 6 heteroatoms. The van der Waals surface area contributed by atoms with Gasteiger partial charge in [-0.3, -0.25) is 14.5 Å². The first kappa shape index (κ1) is 23.7. The number of esters is 1. The van der Waals surface area contributed by atoms with Crippen LogP contribution in [0.4, 0.5) is 5.69 Å². The van der Waals surface area contributed by atoms with Crippen molar-refractivity contribution in [3.8, 4) is 0 Å². The lowest BCUT2D eigenvalue weighted by atomic mass is 10.1. The molecule has 0 aliphatic carbocycles. The van der Waals surface area contributed by atoms with Crippen LogP contribution in [0.25, 0.3) is 0 Å². The van der Waals surface area contributed by atoms with Crippen LogP contribution in [0, 0.1) is 13.8 Å². The van der Waals surface area contributed by atoms with Gasteiger partial charge in [0.2, 0.25) is 0 Å². The van der Waals surface area contributed by atoms with Crippen LogP contribution in [0.15, 0.2) is 77.3 Å². The highest BCUT2D eigenvalue weighted by molar-refractivity contribution is 9.10. The number of benzene rings is 3. The number of carbonyl (C=O) groups is 2. The summed E-state index contributed by atoms with van der Waals surface area (Å²) in [4.78, 5) is 26.8. The molecule has 3 aromatic carbocycles. The van der Waals surface area contributed by atoms with Gasteiger partial charge in [0.15, 0.2) is 6.61 Å². The van der Waals surface area contributed by atoms with Gasteiger partial charge >= 0.3 is 5.97 Å². The van der Waals surface area contributed by atoms with Gasteiger partial charge in [-0.25, -0.2) is 0 Å². The molecule has 0 aliphatic rings. The molecule has 32 heavy (non-hydrogen) atoms. The second-order valence-electron chi connectivity index (χ2n) is 7.74. The fourth-order valence-electron chi connectivity index (χ4n) is 3.33. The number of anilines is 1. The van der Waals surface area contributed by atoms with Crippen molar-refractivity contribution in [3.63, 3.8) is 0 Å². The minimum Gasteiger partial charge on any atom is -0.455 e. The van der Waals surface area contributed by atoms with Crippen LogP contribution in [-0.2, 0) is 27.4 Å². The zero-order valence-electron chi connectivity index (χ0n) is 18.3. The molecule has 0 spiro atoms. The Morgan fingerprint density at radius 2 is 1.44 bits per heavy atom. The molecule has 0 fully saturated rings. The first-order chi connectivity index (χ1) is 15.4. The predicted molar refractivity (Wildman–Crippen MR) is 130 cm³/mol. The number of ether oxygens (including phenoxy) is 1. The van der Waals surface area contributed by atoms with Crippen molar-refractivity contribution < 1.29 is 14.3 Å². The number of hydrogen-bond acceptors (Lipinski definition) is 4. The summed E-state index contributed by atoms with van der Waals surface area (Å²) in [6, 6.07) is 23.8. The highest BCUT2D eigenvalue weighted by Gasteiger charge is 2.15. The summed E-state index contributed by atoms with van der Waals surface area (Å²) in [6.07, 6.45) is 0. The van der Waals surface area contributed by atoms with E-state index in [4.69, 9.17) is 4.74 Å². The van der Waals surface area contributed by atoms with E-state index < -0.39 is 5.97 Å². The van der Waals surface area contributed by atoms with E-state index in [9.17, 15) is 9.59 Å². The molecule has 0 aromatic heterocycles. The quantitative estimate of drug-likeness (QED) is 0.412. The van der Waals surface area contributed by atoms with Crippen molar-refractivity contribution in [2.75, 3.05) is 18.5 Å². The molecule has 0 heterocycles. The smallest absolute Gasteiger partial charge is 0.320 e. The first-order valence-corrected chi connectivity index (χ1v) is 11.2. The fourth-order valence-corrected chi connectivity index (χ4v) is 3.78. The average molecular weight is 495 g/mol. The first-order valence-electron chi connectivity index (χ1n) is 10.4. The van der Waals surface area contributed by atoms with Crippen molar-refractivity contribution in [2.24, 2.45) is 0 Å². The van der Waals surface area contributed by atoms with Crippen molar-refractivity contribution in [1.29, 1.82) is 0 Å². The number of rotatable bonds is 9. The van der Waals surface area contributed by atoms with E-state index in [0.717, 1.165) is 26.7 Å². The maximum atomic E-state index is 12.5. The Balaban J connectivity index is 1.57. The number of nitrogens with zero attached hydrogens (tertiary/aromatic N) is 1. The molecule has 0 unspecified atom stereocenters. The number of carbonyl (C=O) groups excluding carboxylic acids is 2. The van der Waals surface area contributed by atoms with E-state index >= 15 is 0 Å². The summed E-state index contributed by atoms with van der Waals surface area (Å²) in [5.41, 5.74) is 4.87. The Kier molecular flexibility index (Phi) is 8.59. The van der Waals surface area contributed by atoms with Crippen molar-refractivity contribution >= 4 is 33.5 Å². The summed E-state index contributed by atoms with van der Waals surface area (Å²) in [5, 5.41) is 2.82. The van der Waals surface area contributed by atoms with Gasteiger partial charge in [-0.1, -0.05) is 76.6 Å². The number of nitrogens with one attached hydrogen (secondary N) is 1. The molecule has 0 bridgehead atoms. The lowest BCUT2D eigenvalue weighted by molar-refractivity contribution is -0.148. The van der Waals surface area contributed by atoms with E-state index in [1.165, 1.54) is 0 Å². The van der Waals surface area contributed by atoms with Crippen molar-refractivity contribution in [1.82, 2.24) is 4.90 Å². The second-order valence-corrected chi connectivity index (χ2v) is 8.60. The van der Waals surface area contributed by atoms with Crippen LogP contribution in [-0.4, -0.2) is 29.9 Å². The van der Waals surface area contributed by atoms with Gasteiger partial charge in [-0.2, -0.15) is 0 Å². The standard InChI is InChI=1S/C26H27BrN2O3/c1-19-14-24(20(2)13-23(19)27)28-25(30)18-32-26(31)17-29(15-21-9-5-3-6-10-21)16-22-11-7-4-8-12-22/h3-14H,15-18H2,1-2H3,(H,28,30). The number of amides is 1. The molecule has 3 rings (SSSR count). The number of aryl methyl sites for hydroxylation is 2. The Bertz CT molecular complexity index is 1010. The summed E-state index contributed by atoms with van der Waals surface area (Å²) >= 11 is 3.48. The summed E-state index contributed by atoms with van der Waals surface area (Å²) < 4.78 is 6.26. The minimum atomic E-state index is -0.435. The van der Waals surface area contributed by atoms with Crippen molar-refractivity contribution in [2.45, 2.75) is 26.9 Å². The highest BCUT2D eigenvalue weighted by atomic mass is 79.9. The molecule has 0 atom stereocenters. The molecular weight excluding hydrogens is 468 g/mol. The maximum absolute atomic E-state index is 12.5. The molecule has 3 aromatic rings. The Hall–Kier alpha value is -2.96. The molecule has 1 amide bonds. The highest BCUT2D eigenvalue weighted by Crippen LogP contribution is 2.24. The molecule has 5 nitrogen and oxygen atoms in total. The molecule has 166 valence electrons. The van der Waals surface area contributed by atoms with Crippen LogP contribution in [0.2, 0.25) is 0 Å². The third kappa shape index (κ3) is 7.32. The summed E-state index contributed by atoms with van der Waals surface area (Å²) in [5.74, 6) is -0.795. The number of hydrogen-bond donors (Lipinski definition) is 1. The molecule has 1 N–H and O–H groups in total. The number of halogens is 1. The van der Waals surface area contributed by atoms with E-state index in [1.54, 1.807) is 0 Å². The van der Waals surface area contributed by atoms with Crippen LogP contribution in [0.1, 0.15) is 22.3 Å². The van der Waals surface area contributed by atoms with Gasteiger partial charge in [0.05, 0.1) is 6.54 Å². The topological polar surface area (TPSA) is 58.6 Å². The lowest BCUT2D eigenvalue weighted by Gasteiger charge is -2.21. The van der Waals surface area contributed by atoms with E-state index in [2.05, 4.69) is 21.2 Å². The van der Waals surface area contributed by atoms with Gasteiger partial charge in [0.1, 0.15) is 0 Å². The molecule has 0 saturated carbocycles. The van der Waals surface area contributed by atoms with Crippen molar-refractivity contribution in [3.05, 3.63) is 99.5 Å². The average Bonchev–Trinajstić information content (AvgIpc) is 2.77. The Morgan fingerprint density at radius 3 is 2.00 bits per heavy atom. The zero-order valence-corrected chi connectivity index (χ0v) is 19.9. The van der Waals surface area contributed by atoms with Gasteiger partial charge in [0.25, 0.3) is 5.91 Å². The second kappa shape index (κ2) is 11.6. The molecular formula is C26H27BrN2O3. The monoisotopic (exact) mass is 494 g/mol.